The maximum Gasteiger partial charge on any atom is 0.321 e. The Labute approximate surface area is 177 Å². The first-order valence-corrected chi connectivity index (χ1v) is 10.5. The second-order valence-corrected chi connectivity index (χ2v) is 7.70. The van der Waals surface area contributed by atoms with E-state index >= 15 is 0 Å². The van der Waals surface area contributed by atoms with Crippen LogP contribution >= 0.6 is 11.3 Å². The number of hydrogen-bond donors (Lipinski definition) is 2. The van der Waals surface area contributed by atoms with Crippen molar-refractivity contribution >= 4 is 33.3 Å². The van der Waals surface area contributed by atoms with Crippen LogP contribution in [0, 0.1) is 0 Å². The molecule has 2 N–H and O–H groups in total. The first kappa shape index (κ1) is 18.4. The van der Waals surface area contributed by atoms with Gasteiger partial charge in [-0.05, 0) is 34.5 Å². The van der Waals surface area contributed by atoms with Crippen LogP contribution < -0.4 is 20.1 Å². The molecular weight excluding hydrogens is 398 g/mol. The van der Waals surface area contributed by atoms with Crippen molar-refractivity contribution in [3.8, 4) is 22.8 Å². The molecule has 30 heavy (non-hydrogen) atoms. The average molecular weight is 417 g/mol. The van der Waals surface area contributed by atoms with E-state index in [4.69, 9.17) is 9.47 Å². The Morgan fingerprint density at radius 3 is 2.77 bits per heavy atom. The van der Waals surface area contributed by atoms with Crippen LogP contribution in [0.1, 0.15) is 5.56 Å². The maximum absolute atomic E-state index is 12.4. The van der Waals surface area contributed by atoms with Crippen LogP contribution in [0.15, 0.2) is 66.0 Å². The zero-order valence-corrected chi connectivity index (χ0v) is 16.9. The molecule has 0 atom stereocenters. The lowest BCUT2D eigenvalue weighted by Gasteiger charge is -2.18. The summed E-state index contributed by atoms with van der Waals surface area (Å²) in [7, 11) is 0. The number of anilines is 1. The largest absolute Gasteiger partial charge is 0.486 e. The molecule has 0 fully saturated rings. The smallest absolute Gasteiger partial charge is 0.321 e. The number of carbonyl (C=O) groups excluding carboxylic acids is 1. The van der Waals surface area contributed by atoms with Gasteiger partial charge < -0.3 is 14.8 Å². The molecule has 0 saturated carbocycles. The van der Waals surface area contributed by atoms with Gasteiger partial charge in [-0.1, -0.05) is 42.5 Å². The van der Waals surface area contributed by atoms with Crippen LogP contribution in [0.3, 0.4) is 0 Å². The van der Waals surface area contributed by atoms with E-state index in [0.29, 0.717) is 30.6 Å². The fourth-order valence-electron chi connectivity index (χ4n) is 3.43. The molecule has 4 aromatic rings. The predicted molar refractivity (Wildman–Crippen MR) is 118 cm³/mol. The van der Waals surface area contributed by atoms with Gasteiger partial charge in [-0.25, -0.2) is 9.78 Å². The summed E-state index contributed by atoms with van der Waals surface area (Å²) in [4.78, 5) is 16.9. The molecule has 0 spiro atoms. The summed E-state index contributed by atoms with van der Waals surface area (Å²) in [5.41, 5.74) is 2.76. The van der Waals surface area contributed by atoms with E-state index in [0.717, 1.165) is 33.3 Å². The van der Waals surface area contributed by atoms with Crippen molar-refractivity contribution < 1.29 is 14.3 Å². The number of thiazole rings is 1. The number of hydrogen-bond acceptors (Lipinski definition) is 5. The standard InChI is InChI=1S/C23H19N3O3S/c27-22(24-13-17-6-3-5-15-4-1-2-7-18(15)17)26-23-25-19(14-30-23)16-8-9-20-21(12-16)29-11-10-28-20/h1-9,12,14H,10-11,13H2,(H2,24,25,26,27). The van der Waals surface area contributed by atoms with Crippen molar-refractivity contribution in [3.63, 3.8) is 0 Å². The van der Waals surface area contributed by atoms with Gasteiger partial charge in [0.1, 0.15) is 13.2 Å². The minimum atomic E-state index is -0.286. The van der Waals surface area contributed by atoms with Crippen LogP contribution in [0.25, 0.3) is 22.0 Å². The van der Waals surface area contributed by atoms with Gasteiger partial charge in [-0.15, -0.1) is 11.3 Å². The number of amides is 2. The van der Waals surface area contributed by atoms with Crippen molar-refractivity contribution in [2.24, 2.45) is 0 Å². The Hall–Kier alpha value is -3.58. The maximum atomic E-state index is 12.4. The lowest BCUT2D eigenvalue weighted by Crippen LogP contribution is -2.28. The van der Waals surface area contributed by atoms with Crippen molar-refractivity contribution in [1.29, 1.82) is 0 Å². The molecule has 150 valence electrons. The van der Waals surface area contributed by atoms with Gasteiger partial charge in [0.15, 0.2) is 16.6 Å². The van der Waals surface area contributed by atoms with Crippen molar-refractivity contribution in [2.45, 2.75) is 6.54 Å². The number of urea groups is 1. The SMILES string of the molecule is O=C(NCc1cccc2ccccc12)Nc1nc(-c2ccc3c(c2)OCCO3)cs1. The van der Waals surface area contributed by atoms with Crippen molar-refractivity contribution in [3.05, 3.63) is 71.6 Å². The molecule has 0 aliphatic carbocycles. The molecular formula is C23H19N3O3S. The Morgan fingerprint density at radius 2 is 1.83 bits per heavy atom. The zero-order chi connectivity index (χ0) is 20.3. The summed E-state index contributed by atoms with van der Waals surface area (Å²) in [6.07, 6.45) is 0. The van der Waals surface area contributed by atoms with Gasteiger partial charge in [-0.2, -0.15) is 0 Å². The number of aromatic nitrogens is 1. The molecule has 1 aliphatic rings. The normalized spacial score (nSPS) is 12.5. The van der Waals surface area contributed by atoms with Gasteiger partial charge in [0.2, 0.25) is 0 Å². The van der Waals surface area contributed by atoms with E-state index in [9.17, 15) is 4.79 Å². The zero-order valence-electron chi connectivity index (χ0n) is 16.1. The van der Waals surface area contributed by atoms with Gasteiger partial charge >= 0.3 is 6.03 Å². The molecule has 0 unspecified atom stereocenters. The molecule has 0 radical (unpaired) electrons. The summed E-state index contributed by atoms with van der Waals surface area (Å²) in [5, 5.41) is 10.5. The van der Waals surface area contributed by atoms with Gasteiger partial charge in [-0.3, -0.25) is 5.32 Å². The summed E-state index contributed by atoms with van der Waals surface area (Å²) in [5.74, 6) is 1.46. The highest BCUT2D eigenvalue weighted by Gasteiger charge is 2.14. The third kappa shape index (κ3) is 3.79. The lowest BCUT2D eigenvalue weighted by molar-refractivity contribution is 0.171. The number of rotatable bonds is 4. The van der Waals surface area contributed by atoms with Crippen LogP contribution in [0.5, 0.6) is 11.5 Å². The van der Waals surface area contributed by atoms with Crippen molar-refractivity contribution in [2.75, 3.05) is 18.5 Å². The molecule has 7 heteroatoms. The Morgan fingerprint density at radius 1 is 1.00 bits per heavy atom. The molecule has 1 aromatic heterocycles. The van der Waals surface area contributed by atoms with Crippen molar-refractivity contribution in [1.82, 2.24) is 10.3 Å². The molecule has 2 heterocycles. The first-order valence-electron chi connectivity index (χ1n) is 9.63. The highest BCUT2D eigenvalue weighted by Crippen LogP contribution is 2.35. The van der Waals surface area contributed by atoms with E-state index in [-0.39, 0.29) is 6.03 Å². The third-order valence-electron chi connectivity index (χ3n) is 4.88. The average Bonchev–Trinajstić information content (AvgIpc) is 3.25. The van der Waals surface area contributed by atoms with E-state index in [2.05, 4.69) is 33.8 Å². The second kappa shape index (κ2) is 8.04. The summed E-state index contributed by atoms with van der Waals surface area (Å²) in [6.45, 7) is 1.54. The number of carbonyl (C=O) groups is 1. The summed E-state index contributed by atoms with van der Waals surface area (Å²) >= 11 is 1.38. The minimum absolute atomic E-state index is 0.286. The highest BCUT2D eigenvalue weighted by molar-refractivity contribution is 7.14. The monoisotopic (exact) mass is 417 g/mol. The number of nitrogens with one attached hydrogen (secondary N) is 2. The van der Waals surface area contributed by atoms with Crippen LogP contribution in [-0.2, 0) is 6.54 Å². The molecule has 0 bridgehead atoms. The van der Waals surface area contributed by atoms with Crippen LogP contribution in [0.2, 0.25) is 0 Å². The molecule has 6 nitrogen and oxygen atoms in total. The van der Waals surface area contributed by atoms with Gasteiger partial charge in [0.05, 0.1) is 5.69 Å². The summed E-state index contributed by atoms with van der Waals surface area (Å²) < 4.78 is 11.2. The fourth-order valence-corrected chi connectivity index (χ4v) is 4.14. The Kier molecular flexibility index (Phi) is 4.94. The Balaban J connectivity index is 1.24. The number of benzene rings is 3. The quantitative estimate of drug-likeness (QED) is 0.487. The second-order valence-electron chi connectivity index (χ2n) is 6.84. The first-order chi connectivity index (χ1) is 14.8. The van der Waals surface area contributed by atoms with Crippen LogP contribution in [-0.4, -0.2) is 24.2 Å². The topological polar surface area (TPSA) is 72.5 Å². The predicted octanol–water partition coefficient (Wildman–Crippen LogP) is 5.06. The lowest BCUT2D eigenvalue weighted by atomic mass is 10.0. The van der Waals surface area contributed by atoms with E-state index in [1.807, 2.05) is 47.8 Å². The van der Waals surface area contributed by atoms with E-state index in [1.54, 1.807) is 0 Å². The van der Waals surface area contributed by atoms with Gasteiger partial charge in [0, 0.05) is 17.5 Å². The number of fused-ring (bicyclic) bond motifs is 2. The number of ether oxygens (including phenoxy) is 2. The van der Waals surface area contributed by atoms with Gasteiger partial charge in [0.25, 0.3) is 0 Å². The summed E-state index contributed by atoms with van der Waals surface area (Å²) in [6, 6.07) is 19.7. The Bertz CT molecular complexity index is 1220. The molecule has 2 amide bonds. The van der Waals surface area contributed by atoms with E-state index in [1.165, 1.54) is 11.3 Å². The number of nitrogens with zero attached hydrogens (tertiary/aromatic N) is 1. The molecule has 0 saturated heterocycles. The fraction of sp³-hybridized carbons (Fsp3) is 0.130. The van der Waals surface area contributed by atoms with E-state index < -0.39 is 0 Å². The van der Waals surface area contributed by atoms with Crippen LogP contribution in [0.4, 0.5) is 9.93 Å². The molecule has 3 aromatic carbocycles. The third-order valence-corrected chi connectivity index (χ3v) is 5.64. The highest BCUT2D eigenvalue weighted by atomic mass is 32.1. The molecule has 5 rings (SSSR count). The minimum Gasteiger partial charge on any atom is -0.486 e. The molecule has 1 aliphatic heterocycles.